The molecule has 6 nitrogen and oxygen atoms in total. The van der Waals surface area contributed by atoms with E-state index in [0.29, 0.717) is 0 Å². The van der Waals surface area contributed by atoms with Gasteiger partial charge in [0.05, 0.1) is 5.01 Å². The van der Waals surface area contributed by atoms with Crippen molar-refractivity contribution in [2.75, 3.05) is 34.2 Å². The van der Waals surface area contributed by atoms with E-state index in [1.165, 1.54) is 4.88 Å². The fraction of sp³-hybridized carbons (Fsp3) is 0.450. The summed E-state index contributed by atoms with van der Waals surface area (Å²) in [6.45, 7) is 3.69. The van der Waals surface area contributed by atoms with Crippen LogP contribution in [0.15, 0.2) is 35.5 Å². The fourth-order valence-corrected chi connectivity index (χ4v) is 3.44. The van der Waals surface area contributed by atoms with E-state index in [0.717, 1.165) is 54.4 Å². The zero-order valence-corrected chi connectivity index (χ0v) is 20.1. The number of thiazole rings is 1. The van der Waals surface area contributed by atoms with E-state index in [2.05, 4.69) is 27.5 Å². The Labute approximate surface area is 188 Å². The SMILES string of the molecule is CCc1cnc(CCNC(=NC)NCCc2cccc(C(=O)N(C)C)c2)s1.I. The van der Waals surface area contributed by atoms with E-state index in [4.69, 9.17) is 0 Å². The number of rotatable bonds is 8. The van der Waals surface area contributed by atoms with Gasteiger partial charge in [-0.25, -0.2) is 4.98 Å². The fourth-order valence-electron chi connectivity index (χ4n) is 2.58. The number of nitrogens with zero attached hydrogens (tertiary/aromatic N) is 3. The molecule has 0 aliphatic carbocycles. The molecule has 0 saturated carbocycles. The van der Waals surface area contributed by atoms with Gasteiger partial charge >= 0.3 is 0 Å². The van der Waals surface area contributed by atoms with Gasteiger partial charge in [0.2, 0.25) is 0 Å². The lowest BCUT2D eigenvalue weighted by Gasteiger charge is -2.13. The maximum atomic E-state index is 12.1. The molecular formula is C20H30IN5OS. The van der Waals surface area contributed by atoms with E-state index < -0.39 is 0 Å². The van der Waals surface area contributed by atoms with Crippen LogP contribution < -0.4 is 10.6 Å². The average Bonchev–Trinajstić information content (AvgIpc) is 3.14. The molecule has 1 aromatic carbocycles. The molecule has 2 rings (SSSR count). The zero-order chi connectivity index (χ0) is 19.6. The Hall–Kier alpha value is -1.68. The summed E-state index contributed by atoms with van der Waals surface area (Å²) in [4.78, 5) is 23.7. The third kappa shape index (κ3) is 7.75. The lowest BCUT2D eigenvalue weighted by Crippen LogP contribution is -2.39. The first kappa shape index (κ1) is 24.4. The lowest BCUT2D eigenvalue weighted by atomic mass is 10.1. The van der Waals surface area contributed by atoms with Crippen molar-refractivity contribution in [3.05, 3.63) is 51.5 Å². The van der Waals surface area contributed by atoms with Gasteiger partial charge in [-0.05, 0) is 30.5 Å². The van der Waals surface area contributed by atoms with Gasteiger partial charge in [-0.1, -0.05) is 19.1 Å². The smallest absolute Gasteiger partial charge is 0.253 e. The van der Waals surface area contributed by atoms with Crippen LogP contribution in [-0.4, -0.2) is 56.0 Å². The molecule has 0 saturated heterocycles. The number of hydrogen-bond donors (Lipinski definition) is 2. The predicted molar refractivity (Wildman–Crippen MR) is 128 cm³/mol. The van der Waals surface area contributed by atoms with Crippen molar-refractivity contribution in [2.24, 2.45) is 4.99 Å². The first-order valence-electron chi connectivity index (χ1n) is 9.22. The summed E-state index contributed by atoms with van der Waals surface area (Å²) >= 11 is 1.77. The third-order valence-electron chi connectivity index (χ3n) is 4.09. The lowest BCUT2D eigenvalue weighted by molar-refractivity contribution is 0.0827. The number of benzene rings is 1. The molecule has 8 heteroatoms. The number of amides is 1. The molecule has 1 amide bonds. The summed E-state index contributed by atoms with van der Waals surface area (Å²) in [5, 5.41) is 7.79. The molecule has 1 aromatic heterocycles. The molecule has 2 aromatic rings. The Morgan fingerprint density at radius 2 is 1.93 bits per heavy atom. The van der Waals surface area contributed by atoms with Gasteiger partial charge in [0.15, 0.2) is 5.96 Å². The van der Waals surface area contributed by atoms with Crippen LogP contribution in [0.1, 0.15) is 32.7 Å². The number of nitrogens with one attached hydrogen (secondary N) is 2. The van der Waals surface area contributed by atoms with Crippen molar-refractivity contribution in [3.63, 3.8) is 0 Å². The van der Waals surface area contributed by atoms with Crippen LogP contribution in [0.3, 0.4) is 0 Å². The maximum absolute atomic E-state index is 12.1. The van der Waals surface area contributed by atoms with Gasteiger partial charge in [0, 0.05) is 57.3 Å². The molecule has 0 atom stereocenters. The zero-order valence-electron chi connectivity index (χ0n) is 17.0. The van der Waals surface area contributed by atoms with E-state index in [-0.39, 0.29) is 29.9 Å². The summed E-state index contributed by atoms with van der Waals surface area (Å²) in [6, 6.07) is 7.77. The number of halogens is 1. The first-order chi connectivity index (χ1) is 13.0. The van der Waals surface area contributed by atoms with Crippen LogP contribution in [0.5, 0.6) is 0 Å². The van der Waals surface area contributed by atoms with Gasteiger partial charge in [-0.15, -0.1) is 35.3 Å². The van der Waals surface area contributed by atoms with Crippen molar-refractivity contribution in [1.29, 1.82) is 0 Å². The topological polar surface area (TPSA) is 69.6 Å². The monoisotopic (exact) mass is 515 g/mol. The van der Waals surface area contributed by atoms with Crippen LogP contribution in [-0.2, 0) is 19.3 Å². The molecule has 0 aliphatic rings. The van der Waals surface area contributed by atoms with Crippen molar-refractivity contribution in [2.45, 2.75) is 26.2 Å². The van der Waals surface area contributed by atoms with E-state index in [1.54, 1.807) is 37.4 Å². The van der Waals surface area contributed by atoms with Crippen molar-refractivity contribution >= 4 is 47.2 Å². The molecule has 1 heterocycles. The van der Waals surface area contributed by atoms with E-state index in [9.17, 15) is 4.79 Å². The second-order valence-electron chi connectivity index (χ2n) is 6.40. The largest absolute Gasteiger partial charge is 0.356 e. The standard InChI is InChI=1S/C20H29N5OS.HI/c1-5-17-14-24-18(27-17)10-12-23-20(21-2)22-11-9-15-7-6-8-16(13-15)19(26)25(3)4;/h6-8,13-14H,5,9-12H2,1-4H3,(H2,21,22,23);1H. The van der Waals surface area contributed by atoms with E-state index >= 15 is 0 Å². The number of aromatic nitrogens is 1. The summed E-state index contributed by atoms with van der Waals surface area (Å²) in [7, 11) is 5.30. The number of aryl methyl sites for hydroxylation is 1. The average molecular weight is 515 g/mol. The van der Waals surface area contributed by atoms with Crippen LogP contribution >= 0.6 is 35.3 Å². The number of carbonyl (C=O) groups is 1. The molecular weight excluding hydrogens is 485 g/mol. The van der Waals surface area contributed by atoms with Gasteiger partial charge in [0.1, 0.15) is 0 Å². The van der Waals surface area contributed by atoms with E-state index in [1.807, 2.05) is 30.5 Å². The molecule has 0 unspecified atom stereocenters. The number of guanidine groups is 1. The summed E-state index contributed by atoms with van der Waals surface area (Å²) < 4.78 is 0. The van der Waals surface area contributed by atoms with Gasteiger partial charge in [-0.3, -0.25) is 9.79 Å². The Morgan fingerprint density at radius 3 is 2.54 bits per heavy atom. The molecule has 2 N–H and O–H groups in total. The third-order valence-corrected chi connectivity index (χ3v) is 5.29. The highest BCUT2D eigenvalue weighted by Gasteiger charge is 2.08. The van der Waals surface area contributed by atoms with Gasteiger partial charge < -0.3 is 15.5 Å². The van der Waals surface area contributed by atoms with Gasteiger partial charge in [-0.2, -0.15) is 0 Å². The molecule has 0 bridgehead atoms. The van der Waals surface area contributed by atoms with Crippen molar-refractivity contribution in [3.8, 4) is 0 Å². The molecule has 0 aliphatic heterocycles. The summed E-state index contributed by atoms with van der Waals surface area (Å²) in [6.07, 6.45) is 4.71. The van der Waals surface area contributed by atoms with Crippen LogP contribution in [0.2, 0.25) is 0 Å². The van der Waals surface area contributed by atoms with Crippen LogP contribution in [0.4, 0.5) is 0 Å². The molecule has 0 spiro atoms. The first-order valence-corrected chi connectivity index (χ1v) is 10.0. The summed E-state index contributed by atoms with van der Waals surface area (Å²) in [5.41, 5.74) is 1.84. The highest BCUT2D eigenvalue weighted by molar-refractivity contribution is 14.0. The Kier molecular flexibility index (Phi) is 11.1. The minimum atomic E-state index is 0. The maximum Gasteiger partial charge on any atom is 0.253 e. The normalized spacial score (nSPS) is 10.9. The summed E-state index contributed by atoms with van der Waals surface area (Å²) in [5.74, 6) is 0.804. The Balaban J connectivity index is 0.00000392. The molecule has 28 heavy (non-hydrogen) atoms. The second-order valence-corrected chi connectivity index (χ2v) is 7.60. The molecule has 154 valence electrons. The predicted octanol–water partition coefficient (Wildman–Crippen LogP) is 2.98. The van der Waals surface area contributed by atoms with Crippen LogP contribution in [0.25, 0.3) is 0 Å². The minimum Gasteiger partial charge on any atom is -0.356 e. The van der Waals surface area contributed by atoms with Crippen molar-refractivity contribution in [1.82, 2.24) is 20.5 Å². The molecule has 0 fully saturated rings. The molecule has 0 radical (unpaired) electrons. The van der Waals surface area contributed by atoms with Gasteiger partial charge in [0.25, 0.3) is 5.91 Å². The number of aliphatic imine (C=N–C) groups is 1. The number of hydrogen-bond acceptors (Lipinski definition) is 4. The Bertz CT molecular complexity index is 775. The highest BCUT2D eigenvalue weighted by atomic mass is 127. The number of carbonyl (C=O) groups excluding carboxylic acids is 1. The minimum absolute atomic E-state index is 0. The van der Waals surface area contributed by atoms with Crippen molar-refractivity contribution < 1.29 is 4.79 Å². The van der Waals surface area contributed by atoms with Crippen LogP contribution in [0, 0.1) is 0 Å². The Morgan fingerprint density at radius 1 is 1.21 bits per heavy atom. The second kappa shape index (κ2) is 12.7. The quantitative estimate of drug-likeness (QED) is 0.322. The highest BCUT2D eigenvalue weighted by Crippen LogP contribution is 2.13.